The minimum atomic E-state index is -0.825. The summed E-state index contributed by atoms with van der Waals surface area (Å²) in [7, 11) is 1.68. The number of fused-ring (bicyclic) bond motifs is 1. The van der Waals surface area contributed by atoms with Crippen LogP contribution in [0.3, 0.4) is 0 Å². The van der Waals surface area contributed by atoms with Crippen LogP contribution in [0.2, 0.25) is 0 Å². The number of piperidine rings is 1. The summed E-state index contributed by atoms with van der Waals surface area (Å²) in [5, 5.41) is 5.90. The van der Waals surface area contributed by atoms with Gasteiger partial charge in [0.25, 0.3) is 5.91 Å². The number of nitrogens with two attached hydrogens (primary N) is 1. The Morgan fingerprint density at radius 2 is 1.77 bits per heavy atom. The molecule has 31 heavy (non-hydrogen) atoms. The van der Waals surface area contributed by atoms with E-state index in [0.717, 1.165) is 16.8 Å². The molecule has 2 atom stereocenters. The second kappa shape index (κ2) is 8.99. The molecule has 0 aromatic heterocycles. The van der Waals surface area contributed by atoms with Crippen LogP contribution >= 0.6 is 0 Å². The fourth-order valence-electron chi connectivity index (χ4n) is 4.40. The SMILES string of the molecule is CN1N=C2CCN(C(=O)[C@H](N)COCc3ccccc3)CC2(Cc2ccccc2)C1=O. The monoisotopic (exact) mass is 420 g/mol. The molecule has 2 aliphatic heterocycles. The average molecular weight is 421 g/mol. The van der Waals surface area contributed by atoms with Crippen LogP contribution in [0.1, 0.15) is 17.5 Å². The third kappa shape index (κ3) is 4.38. The normalized spacial score (nSPS) is 21.6. The minimum Gasteiger partial charge on any atom is -0.375 e. The van der Waals surface area contributed by atoms with Gasteiger partial charge in [0.2, 0.25) is 5.91 Å². The molecule has 2 N–H and O–H groups in total. The fraction of sp³-hybridized carbons (Fsp3) is 0.375. The van der Waals surface area contributed by atoms with E-state index < -0.39 is 11.5 Å². The van der Waals surface area contributed by atoms with Gasteiger partial charge in [-0.05, 0) is 17.5 Å². The molecular weight excluding hydrogens is 392 g/mol. The Bertz CT molecular complexity index is 963. The van der Waals surface area contributed by atoms with E-state index in [0.29, 0.717) is 26.0 Å². The number of amides is 2. The molecule has 4 rings (SSSR count). The summed E-state index contributed by atoms with van der Waals surface area (Å²) in [6.07, 6.45) is 1.08. The van der Waals surface area contributed by atoms with Crippen molar-refractivity contribution in [2.45, 2.75) is 25.5 Å². The number of benzene rings is 2. The van der Waals surface area contributed by atoms with E-state index in [1.54, 1.807) is 11.9 Å². The molecule has 0 spiro atoms. The summed E-state index contributed by atoms with van der Waals surface area (Å²) in [6, 6.07) is 18.9. The molecular formula is C24H28N4O3. The van der Waals surface area contributed by atoms with Gasteiger partial charge in [-0.15, -0.1) is 0 Å². The van der Waals surface area contributed by atoms with Crippen molar-refractivity contribution in [2.75, 3.05) is 26.7 Å². The maximum atomic E-state index is 13.2. The van der Waals surface area contributed by atoms with Gasteiger partial charge in [-0.1, -0.05) is 60.7 Å². The second-order valence-corrected chi connectivity index (χ2v) is 8.24. The Morgan fingerprint density at radius 1 is 1.13 bits per heavy atom. The lowest BCUT2D eigenvalue weighted by atomic mass is 9.73. The average Bonchev–Trinajstić information content (AvgIpc) is 3.04. The maximum absolute atomic E-state index is 13.2. The molecule has 7 nitrogen and oxygen atoms in total. The van der Waals surface area contributed by atoms with Gasteiger partial charge in [-0.3, -0.25) is 9.59 Å². The molecule has 0 bridgehead atoms. The van der Waals surface area contributed by atoms with Crippen molar-refractivity contribution >= 4 is 17.5 Å². The number of likely N-dealkylation sites (tertiary alicyclic amines) is 1. The molecule has 2 aromatic carbocycles. The van der Waals surface area contributed by atoms with E-state index in [1.165, 1.54) is 5.01 Å². The summed E-state index contributed by atoms with van der Waals surface area (Å²) < 4.78 is 5.67. The first-order chi connectivity index (χ1) is 15.0. The number of carbonyl (C=O) groups excluding carboxylic acids is 2. The predicted octanol–water partition coefficient (Wildman–Crippen LogP) is 1.82. The zero-order valence-corrected chi connectivity index (χ0v) is 17.7. The van der Waals surface area contributed by atoms with E-state index in [2.05, 4.69) is 5.10 Å². The number of hydrogen-bond acceptors (Lipinski definition) is 5. The molecule has 1 fully saturated rings. The molecule has 2 aromatic rings. The largest absolute Gasteiger partial charge is 0.375 e. The quantitative estimate of drug-likeness (QED) is 0.740. The highest BCUT2D eigenvalue weighted by Gasteiger charge is 2.53. The van der Waals surface area contributed by atoms with Crippen molar-refractivity contribution in [3.63, 3.8) is 0 Å². The van der Waals surface area contributed by atoms with E-state index in [4.69, 9.17) is 10.5 Å². The standard InChI is InChI=1S/C24H28N4O3/c1-27-23(30)24(14-18-8-4-2-5-9-18)17-28(13-12-21(24)26-27)22(29)20(25)16-31-15-19-10-6-3-7-11-19/h2-11,20H,12-17,25H2,1H3/t20-,24?/m1/s1. The Kier molecular flexibility index (Phi) is 6.15. The molecule has 0 aliphatic carbocycles. The lowest BCUT2D eigenvalue weighted by Crippen LogP contribution is -2.58. The van der Waals surface area contributed by atoms with Gasteiger partial charge in [0.1, 0.15) is 11.5 Å². The van der Waals surface area contributed by atoms with Crippen molar-refractivity contribution in [2.24, 2.45) is 16.3 Å². The molecule has 2 heterocycles. The smallest absolute Gasteiger partial charge is 0.256 e. The summed E-state index contributed by atoms with van der Waals surface area (Å²) in [4.78, 5) is 27.9. The molecule has 2 aliphatic rings. The van der Waals surface area contributed by atoms with Gasteiger partial charge in [0.05, 0.1) is 18.9 Å². The summed E-state index contributed by atoms with van der Waals surface area (Å²) in [5.74, 6) is -0.264. The zero-order chi connectivity index (χ0) is 21.8. The van der Waals surface area contributed by atoms with Crippen molar-refractivity contribution in [3.05, 3.63) is 71.8 Å². The van der Waals surface area contributed by atoms with Crippen molar-refractivity contribution < 1.29 is 14.3 Å². The van der Waals surface area contributed by atoms with Crippen LogP contribution in [0.4, 0.5) is 0 Å². The van der Waals surface area contributed by atoms with E-state index >= 15 is 0 Å². The number of ether oxygens (including phenoxy) is 1. The van der Waals surface area contributed by atoms with Crippen LogP contribution in [0.15, 0.2) is 65.8 Å². The second-order valence-electron chi connectivity index (χ2n) is 8.24. The van der Waals surface area contributed by atoms with Crippen molar-refractivity contribution in [3.8, 4) is 0 Å². The topological polar surface area (TPSA) is 88.2 Å². The molecule has 162 valence electrons. The lowest BCUT2D eigenvalue weighted by molar-refractivity contribution is -0.141. The van der Waals surface area contributed by atoms with Crippen LogP contribution in [-0.4, -0.2) is 60.2 Å². The number of nitrogens with zero attached hydrogens (tertiary/aromatic N) is 3. The van der Waals surface area contributed by atoms with Crippen LogP contribution in [0.25, 0.3) is 0 Å². The third-order valence-corrected chi connectivity index (χ3v) is 5.99. The Morgan fingerprint density at radius 3 is 2.45 bits per heavy atom. The van der Waals surface area contributed by atoms with Gasteiger partial charge < -0.3 is 15.4 Å². The minimum absolute atomic E-state index is 0.0715. The van der Waals surface area contributed by atoms with Crippen LogP contribution in [-0.2, 0) is 27.4 Å². The third-order valence-electron chi connectivity index (χ3n) is 5.99. The maximum Gasteiger partial charge on any atom is 0.256 e. The molecule has 0 saturated carbocycles. The molecule has 1 saturated heterocycles. The lowest BCUT2D eigenvalue weighted by Gasteiger charge is -2.40. The molecule has 0 radical (unpaired) electrons. The highest BCUT2D eigenvalue weighted by atomic mass is 16.5. The predicted molar refractivity (Wildman–Crippen MR) is 118 cm³/mol. The van der Waals surface area contributed by atoms with Gasteiger partial charge >= 0.3 is 0 Å². The van der Waals surface area contributed by atoms with Gasteiger partial charge in [-0.2, -0.15) is 5.10 Å². The van der Waals surface area contributed by atoms with Crippen molar-refractivity contribution in [1.29, 1.82) is 0 Å². The first kappa shape index (κ1) is 21.2. The van der Waals surface area contributed by atoms with Crippen molar-refractivity contribution in [1.82, 2.24) is 9.91 Å². The Labute approximate surface area is 182 Å². The number of hydrazone groups is 1. The highest BCUT2D eigenvalue weighted by molar-refractivity contribution is 6.13. The zero-order valence-electron chi connectivity index (χ0n) is 17.7. The molecule has 7 heteroatoms. The Hall–Kier alpha value is -3.03. The summed E-state index contributed by atoms with van der Waals surface area (Å²) in [6.45, 7) is 1.32. The summed E-state index contributed by atoms with van der Waals surface area (Å²) in [5.41, 5.74) is 8.26. The van der Waals surface area contributed by atoms with Gasteiger partial charge in [0, 0.05) is 26.6 Å². The molecule has 2 amide bonds. The summed E-state index contributed by atoms with van der Waals surface area (Å²) >= 11 is 0. The first-order valence-electron chi connectivity index (χ1n) is 10.6. The first-order valence-corrected chi connectivity index (χ1v) is 10.6. The van der Waals surface area contributed by atoms with E-state index in [9.17, 15) is 9.59 Å². The highest BCUT2D eigenvalue weighted by Crippen LogP contribution is 2.38. The van der Waals surface area contributed by atoms with E-state index in [1.807, 2.05) is 60.7 Å². The molecule has 1 unspecified atom stereocenters. The van der Waals surface area contributed by atoms with Gasteiger partial charge in [-0.25, -0.2) is 5.01 Å². The van der Waals surface area contributed by atoms with Crippen LogP contribution in [0.5, 0.6) is 0 Å². The van der Waals surface area contributed by atoms with Crippen LogP contribution in [0, 0.1) is 5.41 Å². The number of rotatable bonds is 7. The Balaban J connectivity index is 1.44. The van der Waals surface area contributed by atoms with E-state index in [-0.39, 0.29) is 25.0 Å². The number of carbonyl (C=O) groups is 2. The van der Waals surface area contributed by atoms with Gasteiger partial charge in [0.15, 0.2) is 0 Å². The fourth-order valence-corrected chi connectivity index (χ4v) is 4.40. The van der Waals surface area contributed by atoms with Crippen LogP contribution < -0.4 is 5.73 Å². The number of hydrogen-bond donors (Lipinski definition) is 1.